The number of furan rings is 1. The van der Waals surface area contributed by atoms with E-state index in [-0.39, 0.29) is 41.3 Å². The fourth-order valence-corrected chi connectivity index (χ4v) is 7.45. The lowest BCUT2D eigenvalue weighted by Gasteiger charge is -2.38. The van der Waals surface area contributed by atoms with E-state index in [0.29, 0.717) is 59.0 Å². The number of hydrogen-bond acceptors (Lipinski definition) is 9. The summed E-state index contributed by atoms with van der Waals surface area (Å²) in [6.07, 6.45) is -6.20. The molecule has 3 fully saturated rings. The number of halogens is 4. The van der Waals surface area contributed by atoms with E-state index in [0.717, 1.165) is 0 Å². The molecule has 3 aliphatic heterocycles. The van der Waals surface area contributed by atoms with E-state index < -0.39 is 36.5 Å². The minimum atomic E-state index is -4.82. The van der Waals surface area contributed by atoms with Crippen LogP contribution in [-0.2, 0) is 15.7 Å². The molecule has 3 aliphatic rings. The third-order valence-corrected chi connectivity index (χ3v) is 9.76. The van der Waals surface area contributed by atoms with Crippen LogP contribution in [0.15, 0.2) is 46.9 Å². The molecule has 8 rings (SSSR count). The van der Waals surface area contributed by atoms with Crippen molar-refractivity contribution in [1.82, 2.24) is 24.4 Å². The monoisotopic (exact) mass is 670 g/mol. The van der Waals surface area contributed by atoms with Crippen molar-refractivity contribution in [2.75, 3.05) is 24.5 Å². The Bertz CT molecular complexity index is 2030. The van der Waals surface area contributed by atoms with Crippen LogP contribution >= 0.6 is 11.6 Å². The molecule has 5 aromatic rings. The Morgan fingerprint density at radius 2 is 1.87 bits per heavy atom. The lowest BCUT2D eigenvalue weighted by Crippen LogP contribution is -2.42. The van der Waals surface area contributed by atoms with Gasteiger partial charge in [0.05, 0.1) is 28.6 Å². The van der Waals surface area contributed by atoms with Gasteiger partial charge in [0.2, 0.25) is 11.7 Å². The van der Waals surface area contributed by atoms with Gasteiger partial charge in [-0.3, -0.25) is 9.36 Å². The highest BCUT2D eigenvalue weighted by molar-refractivity contribution is 6.35. The second-order valence-electron chi connectivity index (χ2n) is 12.5. The van der Waals surface area contributed by atoms with Gasteiger partial charge < -0.3 is 28.8 Å². The van der Waals surface area contributed by atoms with Crippen molar-refractivity contribution >= 4 is 56.4 Å². The molecule has 1 amide bonds. The summed E-state index contributed by atoms with van der Waals surface area (Å²) >= 11 is 6.72. The highest BCUT2D eigenvalue weighted by Gasteiger charge is 2.52. The van der Waals surface area contributed by atoms with Crippen molar-refractivity contribution in [3.8, 4) is 6.01 Å². The normalized spacial score (nSPS) is 26.5. The molecule has 3 aromatic heterocycles. The molecule has 6 atom stereocenters. The van der Waals surface area contributed by atoms with Crippen LogP contribution in [0.5, 0.6) is 6.01 Å². The molecule has 0 bridgehead atoms. The minimum absolute atomic E-state index is 0.0128. The highest BCUT2D eigenvalue weighted by atomic mass is 35.5. The molecular weight excluding hydrogens is 641 g/mol. The van der Waals surface area contributed by atoms with Gasteiger partial charge in [0.1, 0.15) is 23.3 Å². The summed E-state index contributed by atoms with van der Waals surface area (Å²) in [5.41, 5.74) is 1.86. The largest absolute Gasteiger partial charge is 0.459 e. The lowest BCUT2D eigenvalue weighted by molar-refractivity contribution is -0.144. The number of aliphatic hydroxyl groups excluding tert-OH is 1. The number of nitrogens with zero attached hydrogens (tertiary/aromatic N) is 6. The maximum Gasteiger partial charge on any atom is 0.451 e. The van der Waals surface area contributed by atoms with Crippen LogP contribution in [0.25, 0.3) is 33.1 Å². The van der Waals surface area contributed by atoms with E-state index in [2.05, 4.69) is 16.9 Å². The minimum Gasteiger partial charge on any atom is -0.459 e. The van der Waals surface area contributed by atoms with E-state index in [9.17, 15) is 23.1 Å². The van der Waals surface area contributed by atoms with E-state index in [4.69, 9.17) is 30.5 Å². The number of likely N-dealkylation sites (tertiary alicyclic amines) is 1. The topological polar surface area (TPSA) is 122 Å². The van der Waals surface area contributed by atoms with Crippen LogP contribution in [0.4, 0.5) is 19.0 Å². The van der Waals surface area contributed by atoms with Crippen molar-refractivity contribution < 1.29 is 37.0 Å². The van der Waals surface area contributed by atoms with Crippen LogP contribution in [0.1, 0.15) is 38.6 Å². The van der Waals surface area contributed by atoms with Crippen LogP contribution in [0, 0.1) is 5.92 Å². The zero-order chi connectivity index (χ0) is 32.8. The maximum atomic E-state index is 14.1. The van der Waals surface area contributed by atoms with Crippen molar-refractivity contribution in [1.29, 1.82) is 0 Å². The number of aromatic nitrogens is 4. The highest BCUT2D eigenvalue weighted by Crippen LogP contribution is 2.44. The summed E-state index contributed by atoms with van der Waals surface area (Å²) in [6, 6.07) is 11.8. The maximum absolute atomic E-state index is 14.1. The number of hydrogen-bond donors (Lipinski definition) is 1. The quantitative estimate of drug-likeness (QED) is 0.239. The summed E-state index contributed by atoms with van der Waals surface area (Å²) in [6.45, 7) is 4.85. The van der Waals surface area contributed by atoms with Crippen molar-refractivity contribution in [3.05, 3.63) is 53.3 Å². The SMILES string of the molecule is CC(=O)N1CC[C@H](n2c(O[C@H]3C[C@@H](C4OC4O)N(c4nc(C(F)(F)F)nc5c4oc4ccccc45)C3)nc3cccc(Cl)c32)[C@@H](C)C1. The number of amides is 1. The number of imidazole rings is 1. The Hall–Kier alpha value is -4.14. The Morgan fingerprint density at radius 1 is 1.09 bits per heavy atom. The second-order valence-corrected chi connectivity index (χ2v) is 12.9. The summed E-state index contributed by atoms with van der Waals surface area (Å²) in [4.78, 5) is 28.2. The first-order chi connectivity index (χ1) is 22.5. The molecule has 15 heteroatoms. The number of rotatable bonds is 5. The van der Waals surface area contributed by atoms with Crippen molar-refractivity contribution in [2.45, 2.75) is 63.4 Å². The molecule has 3 saturated heterocycles. The van der Waals surface area contributed by atoms with Crippen LogP contribution in [0.3, 0.4) is 0 Å². The molecule has 0 saturated carbocycles. The molecule has 2 aromatic carbocycles. The molecule has 11 nitrogen and oxygen atoms in total. The molecule has 2 unspecified atom stereocenters. The first-order valence-electron chi connectivity index (χ1n) is 15.4. The summed E-state index contributed by atoms with van der Waals surface area (Å²) in [5.74, 6) is -1.29. The number of alkyl halides is 3. The van der Waals surface area contributed by atoms with Gasteiger partial charge >= 0.3 is 6.18 Å². The van der Waals surface area contributed by atoms with Gasteiger partial charge in [-0.15, -0.1) is 0 Å². The van der Waals surface area contributed by atoms with Gasteiger partial charge in [0.15, 0.2) is 17.7 Å². The predicted octanol–water partition coefficient (Wildman–Crippen LogP) is 5.57. The Morgan fingerprint density at radius 3 is 2.60 bits per heavy atom. The molecule has 6 heterocycles. The van der Waals surface area contributed by atoms with E-state index in [1.807, 2.05) is 15.5 Å². The number of para-hydroxylation sites is 2. The number of piperidine rings is 1. The van der Waals surface area contributed by atoms with Gasteiger partial charge in [0, 0.05) is 37.9 Å². The first kappa shape index (κ1) is 30.2. The molecule has 1 N–H and O–H groups in total. The van der Waals surface area contributed by atoms with Crippen molar-refractivity contribution in [3.63, 3.8) is 0 Å². The number of carbonyl (C=O) groups is 1. The van der Waals surface area contributed by atoms with E-state index in [1.165, 1.54) is 0 Å². The number of aliphatic hydroxyl groups is 1. The molecule has 0 aliphatic carbocycles. The molecule has 246 valence electrons. The standard InChI is InChI=1S/C32H30ClF3N6O5/c1-15-13-40(16(2)43)11-10-21(15)42-25-19(33)7-5-8-20(25)37-31(42)45-17-12-22(26-29(44)47-26)41(14-17)28-27-24(38-30(39-28)32(34,35)36)18-6-3-4-9-23(18)46-27/h3-9,15,17,21-22,26,29,44H,10-14H2,1-2H3/t15-,17-,21-,22-,26?,29?/m0/s1. The van der Waals surface area contributed by atoms with Crippen LogP contribution < -0.4 is 9.64 Å². The number of ether oxygens (including phenoxy) is 2. The Labute approximate surface area is 270 Å². The molecule has 47 heavy (non-hydrogen) atoms. The average Bonchev–Trinajstić information content (AvgIpc) is 3.33. The lowest BCUT2D eigenvalue weighted by atomic mass is 9.93. The zero-order valence-corrected chi connectivity index (χ0v) is 26.1. The smallest absolute Gasteiger partial charge is 0.451 e. The average molecular weight is 671 g/mol. The van der Waals surface area contributed by atoms with E-state index in [1.54, 1.807) is 48.2 Å². The summed E-state index contributed by atoms with van der Waals surface area (Å²) < 4.78 is 62.5. The Kier molecular flexibility index (Phi) is 7.04. The fraction of sp³-hybridized carbons (Fsp3) is 0.438. The van der Waals surface area contributed by atoms with E-state index >= 15 is 0 Å². The first-order valence-corrected chi connectivity index (χ1v) is 15.8. The van der Waals surface area contributed by atoms with Gasteiger partial charge in [-0.05, 0) is 36.6 Å². The fourth-order valence-electron chi connectivity index (χ4n) is 7.19. The number of benzene rings is 2. The van der Waals surface area contributed by atoms with Crippen LogP contribution in [-0.4, -0.2) is 79.6 Å². The van der Waals surface area contributed by atoms with Crippen molar-refractivity contribution in [2.24, 2.45) is 5.92 Å². The molecule has 0 spiro atoms. The number of anilines is 1. The zero-order valence-electron chi connectivity index (χ0n) is 25.3. The third-order valence-electron chi connectivity index (χ3n) is 9.45. The Balaban J connectivity index is 1.19. The van der Waals surface area contributed by atoms with Gasteiger partial charge in [0.25, 0.3) is 6.01 Å². The summed E-state index contributed by atoms with van der Waals surface area (Å²) in [5, 5.41) is 11.2. The third kappa shape index (κ3) is 5.13. The van der Waals surface area contributed by atoms with Gasteiger partial charge in [-0.25, -0.2) is 9.97 Å². The molecular formula is C32H30ClF3N6O5. The van der Waals surface area contributed by atoms with Gasteiger partial charge in [-0.1, -0.05) is 36.7 Å². The number of epoxide rings is 1. The number of carbonyl (C=O) groups excluding carboxylic acids is 1. The summed E-state index contributed by atoms with van der Waals surface area (Å²) in [7, 11) is 0. The second kappa shape index (κ2) is 11.0. The van der Waals surface area contributed by atoms with Crippen LogP contribution in [0.2, 0.25) is 5.02 Å². The molecule has 0 radical (unpaired) electrons. The van der Waals surface area contributed by atoms with Gasteiger partial charge in [-0.2, -0.15) is 18.2 Å². The number of fused-ring (bicyclic) bond motifs is 4. The predicted molar refractivity (Wildman–Crippen MR) is 165 cm³/mol.